The predicted octanol–water partition coefficient (Wildman–Crippen LogP) is 12.1. The summed E-state index contributed by atoms with van der Waals surface area (Å²) in [6, 6.07) is 47.6. The fourth-order valence-electron chi connectivity index (χ4n) is 5.61. The van der Waals surface area contributed by atoms with Gasteiger partial charge in [0.2, 0.25) is 0 Å². The van der Waals surface area contributed by atoms with Crippen molar-refractivity contribution < 1.29 is 0 Å². The molecule has 6 aromatic rings. The first-order valence-corrected chi connectivity index (χ1v) is 16.3. The Morgan fingerprint density at radius 3 is 1.27 bits per heavy atom. The quantitative estimate of drug-likeness (QED) is 0.154. The van der Waals surface area contributed by atoms with Crippen LogP contribution < -0.4 is 5.30 Å². The van der Waals surface area contributed by atoms with Crippen LogP contribution in [0.3, 0.4) is 0 Å². The van der Waals surface area contributed by atoms with Crippen molar-refractivity contribution in [2.45, 2.75) is 11.3 Å². The van der Waals surface area contributed by atoms with Gasteiger partial charge in [0.1, 0.15) is 0 Å². The molecule has 6 rings (SSSR count). The molecule has 0 spiro atoms. The normalized spacial score (nSPS) is 13.6. The maximum atomic E-state index is 7.06. The molecule has 0 amide bonds. The van der Waals surface area contributed by atoms with Crippen molar-refractivity contribution in [3.05, 3.63) is 182 Å². The van der Waals surface area contributed by atoms with Crippen LogP contribution in [0.1, 0.15) is 33.6 Å². The highest BCUT2D eigenvalue weighted by molar-refractivity contribution is 7.67. The molecular weight excluding hydrogens is 605 g/mol. The minimum Gasteiger partial charge on any atom is -0.0839 e. The highest BCUT2D eigenvalue weighted by Crippen LogP contribution is 2.68. The molecule has 5 heteroatoms. The van der Waals surface area contributed by atoms with Crippen LogP contribution in [-0.4, -0.2) is 0 Å². The molecule has 0 N–H and O–H groups in total. The number of benzene rings is 6. The Labute approximate surface area is 262 Å². The molecule has 0 bridgehead atoms. The van der Waals surface area contributed by atoms with Crippen LogP contribution in [0.4, 0.5) is 0 Å². The molecule has 202 valence electrons. The molecule has 0 saturated carbocycles. The summed E-state index contributed by atoms with van der Waals surface area (Å²) in [5.74, 6) is 0. The van der Waals surface area contributed by atoms with Gasteiger partial charge >= 0.3 is 0 Å². The zero-order valence-corrected chi connectivity index (χ0v) is 25.8. The lowest BCUT2D eigenvalue weighted by molar-refractivity contribution is 1.07. The molecule has 0 nitrogen and oxygen atoms in total. The molecule has 0 aliphatic rings. The SMILES string of the molecule is Clc1cccc(Cl)c1C(c1ccccc1)P(c1cccc2ccccc12)C(c1ccccc1)c1c(Cl)cccc1Cl. The minimum atomic E-state index is -1.19. The zero-order valence-electron chi connectivity index (χ0n) is 21.9. The Morgan fingerprint density at radius 1 is 0.390 bits per heavy atom. The lowest BCUT2D eigenvalue weighted by Gasteiger charge is -2.38. The average Bonchev–Trinajstić information content (AvgIpc) is 3.00. The van der Waals surface area contributed by atoms with Gasteiger partial charge in [0.25, 0.3) is 0 Å². The van der Waals surface area contributed by atoms with Crippen LogP contribution in [0.15, 0.2) is 140 Å². The lowest BCUT2D eigenvalue weighted by atomic mass is 10.0. The van der Waals surface area contributed by atoms with Gasteiger partial charge in [-0.15, -0.1) is 0 Å². The third-order valence-corrected chi connectivity index (χ3v) is 11.9. The van der Waals surface area contributed by atoms with Crippen molar-refractivity contribution in [3.63, 3.8) is 0 Å². The van der Waals surface area contributed by atoms with Crippen LogP contribution in [0.2, 0.25) is 20.1 Å². The summed E-state index contributed by atoms with van der Waals surface area (Å²) < 4.78 is 0. The first kappa shape index (κ1) is 28.3. The number of hydrogen-bond donors (Lipinski definition) is 0. The van der Waals surface area contributed by atoms with Crippen molar-refractivity contribution in [3.8, 4) is 0 Å². The van der Waals surface area contributed by atoms with Crippen LogP contribution >= 0.6 is 54.3 Å². The van der Waals surface area contributed by atoms with Crippen molar-refractivity contribution in [2.75, 3.05) is 0 Å². The van der Waals surface area contributed by atoms with E-state index in [1.54, 1.807) is 0 Å². The minimum absolute atomic E-state index is 0.171. The predicted molar refractivity (Wildman–Crippen MR) is 180 cm³/mol. The summed E-state index contributed by atoms with van der Waals surface area (Å²) in [5, 5.41) is 6.13. The lowest BCUT2D eigenvalue weighted by Crippen LogP contribution is -2.18. The second-order valence-corrected chi connectivity index (χ2v) is 13.8. The maximum Gasteiger partial charge on any atom is 0.0462 e. The summed E-state index contributed by atoms with van der Waals surface area (Å²) in [6.07, 6.45) is 0. The van der Waals surface area contributed by atoms with Crippen molar-refractivity contribution in [2.24, 2.45) is 0 Å². The van der Waals surface area contributed by atoms with Crippen LogP contribution in [0.5, 0.6) is 0 Å². The largest absolute Gasteiger partial charge is 0.0839 e. The van der Waals surface area contributed by atoms with Crippen LogP contribution in [-0.2, 0) is 0 Å². The van der Waals surface area contributed by atoms with Crippen LogP contribution in [0.25, 0.3) is 10.8 Å². The molecular formula is C36H25Cl4P. The summed E-state index contributed by atoms with van der Waals surface area (Å²) in [5.41, 5.74) is 3.73. The van der Waals surface area contributed by atoms with E-state index >= 15 is 0 Å². The second-order valence-electron chi connectivity index (χ2n) is 9.80. The third-order valence-electron chi connectivity index (χ3n) is 7.38. The first-order chi connectivity index (χ1) is 20.0. The van der Waals surface area contributed by atoms with E-state index in [2.05, 4.69) is 91.0 Å². The van der Waals surface area contributed by atoms with Crippen LogP contribution in [0, 0.1) is 0 Å². The average molecular weight is 630 g/mol. The number of fused-ring (bicyclic) bond motifs is 1. The molecule has 0 heterocycles. The molecule has 0 aliphatic heterocycles. The molecule has 2 atom stereocenters. The van der Waals surface area contributed by atoms with Crippen molar-refractivity contribution in [1.29, 1.82) is 0 Å². The number of hydrogen-bond acceptors (Lipinski definition) is 0. The van der Waals surface area contributed by atoms with Crippen molar-refractivity contribution >= 4 is 70.4 Å². The molecule has 0 saturated heterocycles. The van der Waals surface area contributed by atoms with E-state index in [1.165, 1.54) is 16.1 Å². The van der Waals surface area contributed by atoms with Gasteiger partial charge in [-0.2, -0.15) is 0 Å². The van der Waals surface area contributed by atoms with E-state index in [4.69, 9.17) is 46.4 Å². The number of rotatable bonds is 7. The summed E-state index contributed by atoms with van der Waals surface area (Å²) in [4.78, 5) is 0. The topological polar surface area (TPSA) is 0 Å². The zero-order chi connectivity index (χ0) is 28.3. The van der Waals surface area contributed by atoms with Gasteiger partial charge in [0.05, 0.1) is 0 Å². The molecule has 0 fully saturated rings. The van der Waals surface area contributed by atoms with Gasteiger partial charge in [-0.25, -0.2) is 0 Å². The first-order valence-electron chi connectivity index (χ1n) is 13.3. The molecule has 41 heavy (non-hydrogen) atoms. The monoisotopic (exact) mass is 628 g/mol. The molecule has 2 unspecified atom stereocenters. The Balaban J connectivity index is 1.78. The standard InChI is InChI=1S/C36H25Cl4P/c37-28-19-10-20-29(38)33(28)35(25-13-3-1-4-14-25)41(32-23-9-17-24-12-7-8-18-27(24)32)36(26-15-5-2-6-16-26)34-30(39)21-11-22-31(34)40/h1-23,35-36H. The highest BCUT2D eigenvalue weighted by Gasteiger charge is 2.39. The summed E-state index contributed by atoms with van der Waals surface area (Å²) >= 11 is 28.2. The maximum absolute atomic E-state index is 7.06. The van der Waals surface area contributed by atoms with E-state index in [0.717, 1.165) is 22.3 Å². The Hall–Kier alpha value is -2.83. The van der Waals surface area contributed by atoms with Gasteiger partial charge in [0, 0.05) is 42.5 Å². The molecule has 0 aromatic heterocycles. The van der Waals surface area contributed by atoms with Gasteiger partial charge < -0.3 is 0 Å². The van der Waals surface area contributed by atoms with E-state index in [0.29, 0.717) is 20.1 Å². The summed E-state index contributed by atoms with van der Waals surface area (Å²) in [6.45, 7) is 0. The van der Waals surface area contributed by atoms with E-state index in [9.17, 15) is 0 Å². The highest BCUT2D eigenvalue weighted by atomic mass is 35.5. The Kier molecular flexibility index (Phi) is 8.68. The fraction of sp³-hybridized carbons (Fsp3) is 0.0556. The van der Waals surface area contributed by atoms with Gasteiger partial charge in [-0.3, -0.25) is 0 Å². The Bertz CT molecular complexity index is 1660. The molecule has 0 aliphatic carbocycles. The Morgan fingerprint density at radius 2 is 0.780 bits per heavy atom. The fourth-order valence-corrected chi connectivity index (χ4v) is 10.8. The second kappa shape index (κ2) is 12.6. The van der Waals surface area contributed by atoms with Gasteiger partial charge in [0.15, 0.2) is 0 Å². The van der Waals surface area contributed by atoms with Gasteiger partial charge in [-0.1, -0.05) is 170 Å². The smallest absolute Gasteiger partial charge is 0.0462 e. The van der Waals surface area contributed by atoms with E-state index in [1.807, 2.05) is 48.5 Å². The third kappa shape index (κ3) is 5.65. The van der Waals surface area contributed by atoms with E-state index < -0.39 is 7.92 Å². The molecule has 6 aromatic carbocycles. The molecule has 0 radical (unpaired) electrons. The summed E-state index contributed by atoms with van der Waals surface area (Å²) in [7, 11) is -1.19. The van der Waals surface area contributed by atoms with Crippen molar-refractivity contribution in [1.82, 2.24) is 0 Å². The van der Waals surface area contributed by atoms with E-state index in [-0.39, 0.29) is 11.3 Å². The number of halogens is 4. The van der Waals surface area contributed by atoms with Gasteiger partial charge in [-0.05, 0) is 51.5 Å².